The molecule has 2 aliphatic heterocycles. The van der Waals surface area contributed by atoms with Crippen LogP contribution in [0.1, 0.15) is 157 Å². The van der Waals surface area contributed by atoms with Crippen molar-refractivity contribution >= 4 is 99.5 Å². The van der Waals surface area contributed by atoms with Crippen LogP contribution < -0.4 is 0 Å². The number of fused-ring (bicyclic) bond motifs is 7. The third kappa shape index (κ3) is 19.8. The SMILES string of the molecule is CC1=CCc2ccc(C)cc21.Cc1cc2ccc(CC(C)(C)C)cc2s1.Cc1ccc2c(c1)C=CC2.Cc1ccc2c(c1)N=C(CC(C)(C)C)C2.Cc1ccc2c(c1)N=CC2.Cc1nc2ccc(CC(C)(C)C)cc2s1.Cc1nc2ccccc2s1. The number of aliphatic imine (C=N–C) groups is 2. The number of para-hydroxylation sites is 1. The molecule has 0 amide bonds. The Morgan fingerprint density at radius 3 is 1.66 bits per heavy atom. The highest BCUT2D eigenvalue weighted by Gasteiger charge is 2.20. The van der Waals surface area contributed by atoms with Gasteiger partial charge in [-0.2, -0.15) is 0 Å². The fourth-order valence-corrected chi connectivity index (χ4v) is 13.7. The van der Waals surface area contributed by atoms with Gasteiger partial charge in [0, 0.05) is 34.3 Å². The molecule has 86 heavy (non-hydrogen) atoms. The Bertz CT molecular complexity index is 3890. The topological polar surface area (TPSA) is 50.5 Å². The maximum Gasteiger partial charge on any atom is 0.0907 e. The molecule has 0 spiro atoms. The second-order valence-corrected chi connectivity index (χ2v) is 31.1. The molecule has 7 heteroatoms. The summed E-state index contributed by atoms with van der Waals surface area (Å²) in [5.41, 5.74) is 25.1. The maximum absolute atomic E-state index is 4.71. The molecule has 0 unspecified atom stereocenters. The molecule has 3 aromatic heterocycles. The van der Waals surface area contributed by atoms with Crippen molar-refractivity contribution in [1.82, 2.24) is 9.97 Å². The van der Waals surface area contributed by atoms with E-state index in [9.17, 15) is 0 Å². The number of hydrogen-bond acceptors (Lipinski definition) is 7. The predicted molar refractivity (Wildman–Crippen MR) is 383 cm³/mol. The van der Waals surface area contributed by atoms with E-state index in [1.54, 1.807) is 22.7 Å². The van der Waals surface area contributed by atoms with Crippen LogP contribution in [0.4, 0.5) is 11.4 Å². The van der Waals surface area contributed by atoms with Crippen LogP contribution in [0.2, 0.25) is 0 Å². The summed E-state index contributed by atoms with van der Waals surface area (Å²) in [7, 11) is 0. The van der Waals surface area contributed by atoms with Gasteiger partial charge in [-0.3, -0.25) is 9.98 Å². The Balaban J connectivity index is 0.000000131. The predicted octanol–water partition coefficient (Wildman–Crippen LogP) is 23.4. The molecule has 2 aliphatic carbocycles. The number of nitrogens with zero attached hydrogens (tertiary/aromatic N) is 4. The smallest absolute Gasteiger partial charge is 0.0907 e. The Morgan fingerprint density at radius 1 is 0.442 bits per heavy atom. The van der Waals surface area contributed by atoms with E-state index >= 15 is 0 Å². The van der Waals surface area contributed by atoms with Crippen molar-refractivity contribution in [3.8, 4) is 0 Å². The summed E-state index contributed by atoms with van der Waals surface area (Å²) >= 11 is 5.41. The molecule has 0 fully saturated rings. The molecule has 0 atom stereocenters. The first kappa shape index (κ1) is 65.1. The van der Waals surface area contributed by atoms with Crippen LogP contribution in [-0.4, -0.2) is 21.9 Å². The van der Waals surface area contributed by atoms with Crippen molar-refractivity contribution in [1.29, 1.82) is 0 Å². The minimum Gasteiger partial charge on any atom is -0.261 e. The number of thiazole rings is 2. The fraction of sp³-hybridized carbons (Fsp3) is 0.342. The molecule has 0 bridgehead atoms. The van der Waals surface area contributed by atoms with E-state index in [0.717, 1.165) is 71.7 Å². The number of benzene rings is 7. The van der Waals surface area contributed by atoms with E-state index in [1.807, 2.05) is 42.7 Å². The first-order chi connectivity index (χ1) is 40.7. The monoisotopic (exact) mass is 1190 g/mol. The zero-order valence-electron chi connectivity index (χ0n) is 54.6. The molecule has 10 aromatic rings. The Labute approximate surface area is 528 Å². The lowest BCUT2D eigenvalue weighted by Gasteiger charge is -2.17. The van der Waals surface area contributed by atoms with E-state index in [1.165, 1.54) is 108 Å². The van der Waals surface area contributed by atoms with Crippen LogP contribution in [0, 0.1) is 64.7 Å². The number of aryl methyl sites for hydroxylation is 7. The lowest BCUT2D eigenvalue weighted by Crippen LogP contribution is -2.12. The first-order valence-electron chi connectivity index (χ1n) is 30.7. The summed E-state index contributed by atoms with van der Waals surface area (Å²) in [5, 5.41) is 3.68. The van der Waals surface area contributed by atoms with Gasteiger partial charge in [-0.05, 0) is 219 Å². The summed E-state index contributed by atoms with van der Waals surface area (Å²) in [6.45, 7) is 37.4. The van der Waals surface area contributed by atoms with E-state index in [0.29, 0.717) is 16.2 Å². The van der Waals surface area contributed by atoms with E-state index < -0.39 is 0 Å². The van der Waals surface area contributed by atoms with Gasteiger partial charge < -0.3 is 0 Å². The number of rotatable bonds is 3. The standard InChI is InChI=1S/C14H19N.C14H18S.C13H17NS.C11H12.C10H10.C9H9N.C8H7NS/c1-10-5-6-11-8-12(9-14(2,3)4)15-13(11)7-10;1-10-7-12-6-5-11(8-13(12)15-10)9-14(2,3)4;1-9-14-11-6-5-10(7-12(11)15-9)8-13(2,3)4;1-8-3-5-10-6-4-9(2)11(10)7-8;1-8-5-6-9-3-2-4-10(9)7-8;1-7-2-3-8-4-5-10-9(8)6-7;1-6-9-7-4-2-3-5-8(7)10-6/h5-7H,8-9H2,1-4H3;5-8H,9H2,1-4H3;5-7H,8H2,1-4H3;3-5,7H,6H2,1-2H3;2,4-7H,3H2,1H3;2-3,5-6H,4H2,1H3;2-5H,1H3. The van der Waals surface area contributed by atoms with Crippen LogP contribution in [-0.2, 0) is 38.5 Å². The van der Waals surface area contributed by atoms with Crippen molar-refractivity contribution in [3.63, 3.8) is 0 Å². The molecule has 5 heterocycles. The normalized spacial score (nSPS) is 13.2. The van der Waals surface area contributed by atoms with Gasteiger partial charge in [0.05, 0.1) is 41.8 Å². The van der Waals surface area contributed by atoms with Crippen LogP contribution in [0.25, 0.3) is 42.2 Å². The molecular weight excluding hydrogens is 1100 g/mol. The third-order valence-corrected chi connectivity index (χ3v) is 17.7. The van der Waals surface area contributed by atoms with Gasteiger partial charge in [0.15, 0.2) is 0 Å². The highest BCUT2D eigenvalue weighted by Crippen LogP contribution is 2.34. The van der Waals surface area contributed by atoms with Crippen LogP contribution in [0.15, 0.2) is 162 Å². The highest BCUT2D eigenvalue weighted by molar-refractivity contribution is 7.19. The van der Waals surface area contributed by atoms with Gasteiger partial charge in [0.25, 0.3) is 0 Å². The molecule has 4 nitrogen and oxygen atoms in total. The molecule has 446 valence electrons. The summed E-state index contributed by atoms with van der Waals surface area (Å²) in [4.78, 5) is 19.2. The zero-order valence-corrected chi connectivity index (χ0v) is 57.0. The van der Waals surface area contributed by atoms with Gasteiger partial charge in [-0.15, -0.1) is 34.0 Å². The molecule has 0 saturated heterocycles. The highest BCUT2D eigenvalue weighted by atomic mass is 32.1. The number of allylic oxidation sites excluding steroid dienone is 3. The molecule has 4 aliphatic rings. The second-order valence-electron chi connectivity index (χ2n) is 27.4. The van der Waals surface area contributed by atoms with Crippen LogP contribution in [0.5, 0.6) is 0 Å². The van der Waals surface area contributed by atoms with Gasteiger partial charge in [0.1, 0.15) is 0 Å². The lowest BCUT2D eigenvalue weighted by atomic mass is 9.88. The lowest BCUT2D eigenvalue weighted by molar-refractivity contribution is 0.411. The number of aromatic nitrogens is 2. The summed E-state index contributed by atoms with van der Waals surface area (Å²) in [5.74, 6) is 0. The molecule has 0 N–H and O–H groups in total. The summed E-state index contributed by atoms with van der Waals surface area (Å²) in [6, 6.07) is 50.2. The van der Waals surface area contributed by atoms with Gasteiger partial charge >= 0.3 is 0 Å². The van der Waals surface area contributed by atoms with Crippen molar-refractivity contribution in [3.05, 3.63) is 233 Å². The average Bonchev–Trinajstić information content (AvgIpc) is 3.21. The Kier molecular flexibility index (Phi) is 21.7. The summed E-state index contributed by atoms with van der Waals surface area (Å²) in [6.07, 6.45) is 16.3. The average molecular weight is 1190 g/mol. The van der Waals surface area contributed by atoms with Crippen molar-refractivity contribution in [2.24, 2.45) is 26.2 Å². The minimum absolute atomic E-state index is 0.343. The zero-order chi connectivity index (χ0) is 61.9. The molecule has 0 saturated carbocycles. The van der Waals surface area contributed by atoms with Crippen molar-refractivity contribution < 1.29 is 0 Å². The van der Waals surface area contributed by atoms with Crippen molar-refractivity contribution in [2.45, 2.75) is 163 Å². The Hall–Kier alpha value is -6.90. The first-order valence-corrected chi connectivity index (χ1v) is 33.1. The largest absolute Gasteiger partial charge is 0.261 e. The third-order valence-electron chi connectivity index (χ3n) is 14.8. The Morgan fingerprint density at radius 2 is 1.00 bits per heavy atom. The number of hydrogen-bond donors (Lipinski definition) is 0. The molecule has 7 aromatic carbocycles. The van der Waals surface area contributed by atoms with E-state index in [2.05, 4.69) is 265 Å². The van der Waals surface area contributed by atoms with Gasteiger partial charge in [-0.25, -0.2) is 9.97 Å². The quantitative estimate of drug-likeness (QED) is 0.177. The van der Waals surface area contributed by atoms with E-state index in [4.69, 9.17) is 4.99 Å². The fourth-order valence-electron chi connectivity index (χ4n) is 11.0. The molecular formula is C79H92N4S3. The van der Waals surface area contributed by atoms with Gasteiger partial charge in [-0.1, -0.05) is 183 Å². The van der Waals surface area contributed by atoms with Crippen molar-refractivity contribution in [2.75, 3.05) is 0 Å². The van der Waals surface area contributed by atoms with Crippen LogP contribution in [0.3, 0.4) is 0 Å². The number of thiophene rings is 1. The second kappa shape index (κ2) is 28.7. The maximum atomic E-state index is 4.71. The summed E-state index contributed by atoms with van der Waals surface area (Å²) < 4.78 is 4.02. The van der Waals surface area contributed by atoms with E-state index in [-0.39, 0.29) is 0 Å². The van der Waals surface area contributed by atoms with Crippen LogP contribution >= 0.6 is 34.0 Å². The molecule has 14 rings (SSSR count). The van der Waals surface area contributed by atoms with Gasteiger partial charge in [0.2, 0.25) is 0 Å². The minimum atomic E-state index is 0.343. The molecule has 0 radical (unpaired) electrons.